The van der Waals surface area contributed by atoms with Crippen LogP contribution in [0.15, 0.2) is 24.3 Å². The van der Waals surface area contributed by atoms with Gasteiger partial charge in [0.15, 0.2) is 0 Å². The van der Waals surface area contributed by atoms with Crippen LogP contribution in [0.2, 0.25) is 0 Å². The first-order valence-electron chi connectivity index (χ1n) is 6.58. The Bertz CT molecular complexity index is 419. The third-order valence-electron chi connectivity index (χ3n) is 3.43. The first-order valence-corrected chi connectivity index (χ1v) is 6.58. The molecule has 98 valence electrons. The van der Waals surface area contributed by atoms with Crippen LogP contribution in [-0.2, 0) is 4.79 Å². The minimum atomic E-state index is 0.0631. The van der Waals surface area contributed by atoms with Gasteiger partial charge in [0.1, 0.15) is 0 Å². The lowest BCUT2D eigenvalue weighted by Crippen LogP contribution is -2.29. The van der Waals surface area contributed by atoms with Crippen LogP contribution in [0.25, 0.3) is 0 Å². The number of anilines is 1. The molecule has 1 atom stereocenters. The molecule has 0 bridgehead atoms. The van der Waals surface area contributed by atoms with Gasteiger partial charge < -0.3 is 16.0 Å². The highest BCUT2D eigenvalue weighted by atomic mass is 16.1. The van der Waals surface area contributed by atoms with Crippen molar-refractivity contribution >= 4 is 11.6 Å². The monoisotopic (exact) mass is 247 g/mol. The fraction of sp³-hybridized carbons (Fsp3) is 0.500. The maximum Gasteiger partial charge on any atom is 0.221 e. The summed E-state index contributed by atoms with van der Waals surface area (Å²) >= 11 is 0. The summed E-state index contributed by atoms with van der Waals surface area (Å²) in [5.41, 5.74) is 8.50. The van der Waals surface area contributed by atoms with Gasteiger partial charge in [0.2, 0.25) is 5.91 Å². The molecule has 1 aromatic rings. The van der Waals surface area contributed by atoms with Gasteiger partial charge >= 0.3 is 0 Å². The molecule has 1 amide bonds. The summed E-state index contributed by atoms with van der Waals surface area (Å²) in [6.45, 7) is 4.40. The minimum Gasteiger partial charge on any atom is -0.369 e. The van der Waals surface area contributed by atoms with Crippen LogP contribution in [-0.4, -0.2) is 25.5 Å². The molecule has 3 N–H and O–H groups in total. The molecule has 1 unspecified atom stereocenters. The third-order valence-corrected chi connectivity index (χ3v) is 3.43. The normalized spacial score (nSPS) is 18.1. The molecule has 1 aromatic carbocycles. The number of nitrogens with two attached hydrogens (primary N) is 1. The van der Waals surface area contributed by atoms with E-state index >= 15 is 0 Å². The van der Waals surface area contributed by atoms with E-state index < -0.39 is 0 Å². The average Bonchev–Trinajstić information content (AvgIpc) is 2.62. The molecule has 4 heteroatoms. The van der Waals surface area contributed by atoms with Crippen molar-refractivity contribution in [1.29, 1.82) is 0 Å². The summed E-state index contributed by atoms with van der Waals surface area (Å²) in [7, 11) is 0. The lowest BCUT2D eigenvalue weighted by atomic mass is 10.0. The van der Waals surface area contributed by atoms with Gasteiger partial charge in [-0.2, -0.15) is 0 Å². The Morgan fingerprint density at radius 1 is 1.39 bits per heavy atom. The highest BCUT2D eigenvalue weighted by Gasteiger charge is 2.18. The number of hydrogen-bond donors (Lipinski definition) is 2. The van der Waals surface area contributed by atoms with Gasteiger partial charge in [0.25, 0.3) is 0 Å². The summed E-state index contributed by atoms with van der Waals surface area (Å²) in [5.74, 6) is 0.134. The number of benzene rings is 1. The Morgan fingerprint density at radius 3 is 2.94 bits per heavy atom. The number of carbonyl (C=O) groups excluding carboxylic acids is 1. The zero-order valence-electron chi connectivity index (χ0n) is 10.9. The molecule has 0 saturated carbocycles. The minimum absolute atomic E-state index is 0.0631. The van der Waals surface area contributed by atoms with E-state index in [1.54, 1.807) is 0 Å². The van der Waals surface area contributed by atoms with Gasteiger partial charge in [-0.05, 0) is 18.1 Å². The molecule has 1 saturated heterocycles. The summed E-state index contributed by atoms with van der Waals surface area (Å²) in [6.07, 6.45) is 1.47. The Hall–Kier alpha value is -1.55. The van der Waals surface area contributed by atoms with E-state index in [9.17, 15) is 4.79 Å². The maximum absolute atomic E-state index is 11.4. The van der Waals surface area contributed by atoms with Crippen molar-refractivity contribution in [1.82, 2.24) is 5.32 Å². The lowest BCUT2D eigenvalue weighted by Gasteiger charge is -2.26. The molecule has 2 rings (SSSR count). The van der Waals surface area contributed by atoms with Crippen molar-refractivity contribution in [2.45, 2.75) is 25.8 Å². The molecule has 1 heterocycles. The van der Waals surface area contributed by atoms with E-state index in [1.165, 1.54) is 11.3 Å². The van der Waals surface area contributed by atoms with Gasteiger partial charge in [-0.1, -0.05) is 25.1 Å². The lowest BCUT2D eigenvalue weighted by molar-refractivity contribution is -0.120. The van der Waals surface area contributed by atoms with E-state index in [0.29, 0.717) is 13.0 Å². The first-order chi connectivity index (χ1) is 8.72. The van der Waals surface area contributed by atoms with Crippen LogP contribution in [0.1, 0.15) is 31.4 Å². The number of rotatable bonds is 3. The smallest absolute Gasteiger partial charge is 0.221 e. The molecule has 1 aliphatic rings. The summed E-state index contributed by atoms with van der Waals surface area (Å²) in [5, 5.41) is 2.90. The molecule has 0 radical (unpaired) electrons. The van der Waals surface area contributed by atoms with Crippen molar-refractivity contribution < 1.29 is 4.79 Å². The second-order valence-corrected chi connectivity index (χ2v) is 4.66. The van der Waals surface area contributed by atoms with Crippen molar-refractivity contribution in [2.24, 2.45) is 5.73 Å². The van der Waals surface area contributed by atoms with Crippen LogP contribution in [0.5, 0.6) is 0 Å². The Morgan fingerprint density at radius 2 is 2.17 bits per heavy atom. The highest BCUT2D eigenvalue weighted by molar-refractivity contribution is 5.77. The van der Waals surface area contributed by atoms with Crippen molar-refractivity contribution in [3.05, 3.63) is 29.8 Å². The fourth-order valence-electron chi connectivity index (χ4n) is 2.32. The average molecular weight is 247 g/mol. The Balaban J connectivity index is 2.23. The van der Waals surface area contributed by atoms with Gasteiger partial charge in [-0.15, -0.1) is 0 Å². The predicted molar refractivity (Wildman–Crippen MR) is 73.5 cm³/mol. The number of para-hydroxylation sites is 1. The standard InChI is InChI=1S/C14H21N3O/c1-2-12(15)11-5-3-4-6-13(11)17-9-7-14(18)16-8-10-17/h3-6,12H,2,7-10,15H2,1H3,(H,16,18). The second-order valence-electron chi connectivity index (χ2n) is 4.66. The quantitative estimate of drug-likeness (QED) is 0.849. The number of hydrogen-bond acceptors (Lipinski definition) is 3. The Kier molecular flexibility index (Phi) is 4.20. The molecule has 18 heavy (non-hydrogen) atoms. The van der Waals surface area contributed by atoms with Crippen molar-refractivity contribution in [2.75, 3.05) is 24.5 Å². The zero-order valence-corrected chi connectivity index (χ0v) is 10.9. The Labute approximate surface area is 108 Å². The van der Waals surface area contributed by atoms with Crippen LogP contribution < -0.4 is 16.0 Å². The predicted octanol–water partition coefficient (Wildman–Crippen LogP) is 1.42. The summed E-state index contributed by atoms with van der Waals surface area (Å²) in [6, 6.07) is 8.30. The first kappa shape index (κ1) is 12.9. The molecule has 1 aliphatic heterocycles. The van der Waals surface area contributed by atoms with Crippen LogP contribution >= 0.6 is 0 Å². The summed E-state index contributed by atoms with van der Waals surface area (Å²) in [4.78, 5) is 13.6. The highest BCUT2D eigenvalue weighted by Crippen LogP contribution is 2.27. The molecule has 4 nitrogen and oxygen atoms in total. The fourth-order valence-corrected chi connectivity index (χ4v) is 2.32. The zero-order chi connectivity index (χ0) is 13.0. The second kappa shape index (κ2) is 5.87. The number of carbonyl (C=O) groups is 1. The number of nitrogens with zero attached hydrogens (tertiary/aromatic N) is 1. The van der Waals surface area contributed by atoms with Crippen LogP contribution in [0.4, 0.5) is 5.69 Å². The molecule has 0 spiro atoms. The van der Waals surface area contributed by atoms with Crippen molar-refractivity contribution in [3.63, 3.8) is 0 Å². The third kappa shape index (κ3) is 2.82. The van der Waals surface area contributed by atoms with Gasteiger partial charge in [-0.25, -0.2) is 0 Å². The largest absolute Gasteiger partial charge is 0.369 e. The molecule has 0 aromatic heterocycles. The van der Waals surface area contributed by atoms with Crippen LogP contribution in [0, 0.1) is 0 Å². The topological polar surface area (TPSA) is 58.4 Å². The molecule has 0 aliphatic carbocycles. The number of nitrogens with one attached hydrogen (secondary N) is 1. The van der Waals surface area contributed by atoms with Gasteiger partial charge in [0.05, 0.1) is 0 Å². The van der Waals surface area contributed by atoms with E-state index in [0.717, 1.165) is 19.5 Å². The van der Waals surface area contributed by atoms with E-state index in [1.807, 2.05) is 12.1 Å². The number of amides is 1. The van der Waals surface area contributed by atoms with E-state index in [4.69, 9.17) is 5.73 Å². The summed E-state index contributed by atoms with van der Waals surface area (Å²) < 4.78 is 0. The molecular weight excluding hydrogens is 226 g/mol. The van der Waals surface area contributed by atoms with Gasteiger partial charge in [-0.3, -0.25) is 4.79 Å². The molecule has 1 fully saturated rings. The van der Waals surface area contributed by atoms with Gasteiger partial charge in [0, 0.05) is 37.8 Å². The van der Waals surface area contributed by atoms with E-state index in [2.05, 4.69) is 29.3 Å². The van der Waals surface area contributed by atoms with Crippen LogP contribution in [0.3, 0.4) is 0 Å². The molecular formula is C14H21N3O. The van der Waals surface area contributed by atoms with Crippen molar-refractivity contribution in [3.8, 4) is 0 Å². The maximum atomic E-state index is 11.4. The SMILES string of the molecule is CCC(N)c1ccccc1N1CCNC(=O)CC1. The van der Waals surface area contributed by atoms with E-state index in [-0.39, 0.29) is 11.9 Å².